The summed E-state index contributed by atoms with van der Waals surface area (Å²) >= 11 is 0. The molecule has 11 aromatic heterocycles. The summed E-state index contributed by atoms with van der Waals surface area (Å²) in [6.07, 6.45) is 37.1. The third kappa shape index (κ3) is 61.5. The van der Waals surface area contributed by atoms with Crippen LogP contribution in [0.1, 0.15) is 249 Å². The number of benzene rings is 7. The van der Waals surface area contributed by atoms with Crippen LogP contribution in [0, 0.1) is 0 Å². The Morgan fingerprint density at radius 3 is 0.586 bits per heavy atom. The summed E-state index contributed by atoms with van der Waals surface area (Å²) in [5, 5.41) is 10.7. The fourth-order valence-electron chi connectivity index (χ4n) is 9.84. The molecule has 7 aromatic carbocycles. The zero-order valence-corrected chi connectivity index (χ0v) is 88.7. The molecule has 15 heteroatoms. The van der Waals surface area contributed by atoms with E-state index in [0.29, 0.717) is 0 Å². The molecule has 15 nitrogen and oxygen atoms in total. The van der Waals surface area contributed by atoms with Crippen LogP contribution in [-0.2, 0) is 0 Å². The molecule has 133 heavy (non-hydrogen) atoms. The predicted octanol–water partition coefficient (Wildman–Crippen LogP) is 36.7. The summed E-state index contributed by atoms with van der Waals surface area (Å²) in [5.74, 6) is 0. The van der Waals surface area contributed by atoms with E-state index < -0.39 is 0 Å². The Morgan fingerprint density at radius 2 is 0.368 bits per heavy atom. The summed E-state index contributed by atoms with van der Waals surface area (Å²) in [6.45, 7) is 72.0. The van der Waals surface area contributed by atoms with Crippen LogP contribution in [0.25, 0.3) is 93.5 Å². The van der Waals surface area contributed by atoms with Crippen molar-refractivity contribution in [1.82, 2.24) is 74.3 Å². The third-order valence-electron chi connectivity index (χ3n) is 14.1. The van der Waals surface area contributed by atoms with Crippen LogP contribution in [0.3, 0.4) is 0 Å². The maximum atomic E-state index is 4.19. The monoisotopic (exact) mass is 1800 g/mol. The molecule has 0 saturated heterocycles. The van der Waals surface area contributed by atoms with E-state index in [4.69, 9.17) is 0 Å². The lowest BCUT2D eigenvalue weighted by Gasteiger charge is -2.09. The zero-order chi connectivity index (χ0) is 102. The Hall–Kier alpha value is -13.7. The summed E-state index contributed by atoms with van der Waals surface area (Å²) in [4.78, 5) is 53.6. The van der Waals surface area contributed by atoms with Gasteiger partial charge in [-0.3, -0.25) is 44.9 Å². The van der Waals surface area contributed by atoms with Crippen molar-refractivity contribution in [3.63, 3.8) is 0 Å². The van der Waals surface area contributed by atoms with Crippen molar-refractivity contribution in [3.8, 4) is 39.3 Å². The number of rotatable bonds is 4. The molecule has 0 fully saturated rings. The minimum atomic E-state index is 0.915. The lowest BCUT2D eigenvalue weighted by Crippen LogP contribution is -1.92. The van der Waals surface area contributed by atoms with Crippen LogP contribution < -0.4 is 0 Å². The van der Waals surface area contributed by atoms with Crippen molar-refractivity contribution in [1.29, 1.82) is 0 Å². The van der Waals surface area contributed by atoms with Crippen LogP contribution in [0.2, 0.25) is 0 Å². The number of aromatic nitrogens is 15. The van der Waals surface area contributed by atoms with Crippen molar-refractivity contribution in [2.75, 3.05) is 0 Å². The number of pyridine rings is 7. The molecular formula is C118H173N15. The largest absolute Gasteiger partial charge is 0.309 e. The van der Waals surface area contributed by atoms with Crippen LogP contribution in [-0.4, -0.2) is 74.3 Å². The van der Waals surface area contributed by atoms with Gasteiger partial charge in [0.25, 0.3) is 0 Å². The Bertz CT molecular complexity index is 4280. The van der Waals surface area contributed by atoms with Gasteiger partial charge in [-0.1, -0.05) is 407 Å². The molecule has 18 aromatic rings. The molecule has 0 spiro atoms. The van der Waals surface area contributed by atoms with E-state index in [0.717, 1.165) is 22.5 Å². The van der Waals surface area contributed by atoms with Gasteiger partial charge in [0.15, 0.2) is 0 Å². The maximum absolute atomic E-state index is 4.19. The Kier molecular flexibility index (Phi) is 118. The highest BCUT2D eigenvalue weighted by Gasteiger charge is 2.11. The molecule has 0 aliphatic heterocycles. The highest BCUT2D eigenvalue weighted by Crippen LogP contribution is 2.35. The Labute approximate surface area is 809 Å². The highest BCUT2D eigenvalue weighted by atomic mass is 15.0. The van der Waals surface area contributed by atoms with E-state index in [2.05, 4.69) is 226 Å². The highest BCUT2D eigenvalue weighted by molar-refractivity contribution is 6.25. The molecule has 11 heterocycles. The van der Waals surface area contributed by atoms with E-state index in [9.17, 15) is 0 Å². The molecule has 0 atom stereocenters. The summed E-state index contributed by atoms with van der Waals surface area (Å²) in [5.41, 5.74) is 10.1. The van der Waals surface area contributed by atoms with Gasteiger partial charge in [0.05, 0.1) is 22.4 Å². The second-order valence-electron chi connectivity index (χ2n) is 20.3. The second kappa shape index (κ2) is 114. The van der Waals surface area contributed by atoms with Gasteiger partial charge >= 0.3 is 0 Å². The topological polar surface area (TPSA) is 185 Å². The van der Waals surface area contributed by atoms with Gasteiger partial charge in [0, 0.05) is 139 Å². The predicted molar refractivity (Wildman–Crippen MR) is 595 cm³/mol. The first-order chi connectivity index (χ1) is 66.3. The standard InChI is InChI=1S/C18H13N.C18H12.3C10H8N2.C5H5N.2C4H4N2.C3H3N3.18C2H6/c1-2-8-14(9-3-1)19-17-12-6-4-10-15(17)16-11-5-7-13-18(16)19;1-2-8-14-13(7-1)15-9-3-4-11-17(15)18-12-6-5-10-16(14)18;1-5-11-6-2-9(1)10-3-7-12-8-4-10;1-3-9(7-11-5-1)10-4-2-6-12-8-10;1-3-7-11-9(5-1)10-6-2-4-8-12-10;1-2-4-6-5-3-1;1-2-6-4-3-5-1;1-2-5-4-6-3-1;1-4-2-6-3-5-1;18*1-2/h1-13H;1-12H;3*1-8H;1-5H;2*1-4H;1-3H;18*1-2H3. The third-order valence-corrected chi connectivity index (χ3v) is 14.1. The zero-order valence-electron chi connectivity index (χ0n) is 88.7. The quantitative estimate of drug-likeness (QED) is 0.152. The number of fused-ring (bicyclic) bond motifs is 9. The van der Waals surface area contributed by atoms with Gasteiger partial charge in [-0.15, -0.1) is 0 Å². The average molecular weight is 1800 g/mol. The number of para-hydroxylation sites is 3. The van der Waals surface area contributed by atoms with Crippen LogP contribution in [0.5, 0.6) is 0 Å². The van der Waals surface area contributed by atoms with E-state index in [1.165, 1.54) is 96.2 Å². The van der Waals surface area contributed by atoms with Gasteiger partial charge in [-0.05, 0) is 147 Å². The van der Waals surface area contributed by atoms with Gasteiger partial charge < -0.3 is 4.57 Å². The lowest BCUT2D eigenvalue weighted by molar-refractivity contribution is 1.05. The molecular weight excluding hydrogens is 1630 g/mol. The molecule has 0 N–H and O–H groups in total. The van der Waals surface area contributed by atoms with Gasteiger partial charge in [0.2, 0.25) is 0 Å². The number of hydrogen-bond donors (Lipinski definition) is 0. The van der Waals surface area contributed by atoms with Gasteiger partial charge in [0.1, 0.15) is 25.3 Å². The smallest absolute Gasteiger partial charge is 0.119 e. The normalized spacial score (nSPS) is 8.00. The molecule has 0 amide bonds. The number of hydrogen-bond acceptors (Lipinski definition) is 14. The second-order valence-corrected chi connectivity index (χ2v) is 20.3. The summed E-state index contributed by atoms with van der Waals surface area (Å²) in [7, 11) is 0. The molecule has 0 aliphatic rings. The Balaban J connectivity index is -0.000000181. The molecule has 0 bridgehead atoms. The maximum Gasteiger partial charge on any atom is 0.119 e. The fraction of sp³-hybridized carbons (Fsp3) is 0.305. The van der Waals surface area contributed by atoms with Crippen LogP contribution in [0.4, 0.5) is 0 Å². The molecule has 0 saturated carbocycles. The van der Waals surface area contributed by atoms with Crippen molar-refractivity contribution >= 4 is 54.1 Å². The van der Waals surface area contributed by atoms with Crippen LogP contribution >= 0.6 is 0 Å². The Morgan fingerprint density at radius 1 is 0.143 bits per heavy atom. The first-order valence-electron chi connectivity index (χ1n) is 48.8. The van der Waals surface area contributed by atoms with Crippen molar-refractivity contribution in [3.05, 3.63) is 398 Å². The first-order valence-corrected chi connectivity index (χ1v) is 48.8. The van der Waals surface area contributed by atoms with E-state index >= 15 is 0 Å². The van der Waals surface area contributed by atoms with E-state index in [-0.39, 0.29) is 0 Å². The average Bonchev–Trinajstić information content (AvgIpc) is 1.69. The summed E-state index contributed by atoms with van der Waals surface area (Å²) < 4.78 is 2.32. The van der Waals surface area contributed by atoms with Crippen molar-refractivity contribution < 1.29 is 0 Å². The number of nitrogens with zero attached hydrogens (tertiary/aromatic N) is 15. The first kappa shape index (κ1) is 137. The minimum Gasteiger partial charge on any atom is -0.309 e. The minimum absolute atomic E-state index is 0.915. The van der Waals surface area contributed by atoms with Crippen molar-refractivity contribution in [2.24, 2.45) is 0 Å². The van der Waals surface area contributed by atoms with Gasteiger partial charge in [-0.25, -0.2) is 24.9 Å². The van der Waals surface area contributed by atoms with Crippen LogP contribution in [0.15, 0.2) is 398 Å². The lowest BCUT2D eigenvalue weighted by atomic mass is 9.95. The SMILES string of the molecule is CC.CC.CC.CC.CC.CC.CC.CC.CC.CC.CC.CC.CC.CC.CC.CC.CC.CC.c1cc(-c2ccncc2)ccn1.c1ccc(-c2ccccn2)nc1.c1ccc(-n2c3ccccc3c3ccccc32)cc1.c1ccc2c(c1)c1ccccc1c1ccccc21.c1ccncc1.c1cncc(-c2cccnc2)c1.c1cnccn1.c1cncnc1.c1ncncn1. The summed E-state index contributed by atoms with van der Waals surface area (Å²) in [6, 6.07) is 88.5. The van der Waals surface area contributed by atoms with E-state index in [1.54, 1.807) is 105 Å². The molecule has 0 aliphatic carbocycles. The molecule has 18 rings (SSSR count). The molecule has 720 valence electrons. The molecule has 0 unspecified atom stereocenters. The fourth-order valence-corrected chi connectivity index (χ4v) is 9.84. The molecule has 0 radical (unpaired) electrons. The van der Waals surface area contributed by atoms with Gasteiger partial charge in [-0.2, -0.15) is 0 Å². The van der Waals surface area contributed by atoms with Crippen molar-refractivity contribution in [2.45, 2.75) is 249 Å². The van der Waals surface area contributed by atoms with E-state index in [1.807, 2.05) is 365 Å².